The number of ether oxygens (including phenoxy) is 1. The lowest BCUT2D eigenvalue weighted by Gasteiger charge is -2.24. The highest BCUT2D eigenvalue weighted by Crippen LogP contribution is 2.40. The standard InChI is InChI=1S/C23H19NO5/c1-28-17-11-9-16(10-12-17)21(25)19-20(15-6-3-2-4-7-15)24(23(27)22(19)26)14-18-8-5-13-29-18/h2-13,20,25H,14H2,1H3/t20-/m1/s1. The number of aliphatic hydroxyl groups excluding tert-OH is 1. The molecule has 2 heterocycles. The molecule has 0 bridgehead atoms. The molecule has 146 valence electrons. The highest BCUT2D eigenvalue weighted by Gasteiger charge is 2.46. The lowest BCUT2D eigenvalue weighted by molar-refractivity contribution is -0.140. The van der Waals surface area contributed by atoms with E-state index in [9.17, 15) is 14.7 Å². The van der Waals surface area contributed by atoms with Crippen molar-refractivity contribution in [1.82, 2.24) is 4.90 Å². The van der Waals surface area contributed by atoms with E-state index in [1.807, 2.05) is 30.3 Å². The molecule has 2 aromatic carbocycles. The lowest BCUT2D eigenvalue weighted by atomic mass is 9.95. The fraction of sp³-hybridized carbons (Fsp3) is 0.130. The minimum atomic E-state index is -0.723. The van der Waals surface area contributed by atoms with Gasteiger partial charge in [-0.2, -0.15) is 0 Å². The predicted molar refractivity (Wildman–Crippen MR) is 106 cm³/mol. The molecule has 6 heteroatoms. The largest absolute Gasteiger partial charge is 0.507 e. The molecule has 3 aromatic rings. The van der Waals surface area contributed by atoms with Gasteiger partial charge in [-0.25, -0.2) is 0 Å². The summed E-state index contributed by atoms with van der Waals surface area (Å²) in [4.78, 5) is 27.2. The Morgan fingerprint density at radius 2 is 1.76 bits per heavy atom. The number of carbonyl (C=O) groups excluding carboxylic acids is 2. The van der Waals surface area contributed by atoms with E-state index >= 15 is 0 Å². The van der Waals surface area contributed by atoms with Gasteiger partial charge in [0.15, 0.2) is 0 Å². The third kappa shape index (κ3) is 3.40. The Morgan fingerprint density at radius 1 is 1.03 bits per heavy atom. The number of amides is 1. The number of hydrogen-bond donors (Lipinski definition) is 1. The molecule has 4 rings (SSSR count). The van der Waals surface area contributed by atoms with Crippen molar-refractivity contribution in [2.45, 2.75) is 12.6 Å². The SMILES string of the molecule is COc1ccc(C(O)=C2C(=O)C(=O)N(Cc3ccco3)[C@@H]2c2ccccc2)cc1. The summed E-state index contributed by atoms with van der Waals surface area (Å²) in [6.45, 7) is 0.122. The first-order valence-corrected chi connectivity index (χ1v) is 9.10. The molecule has 0 spiro atoms. The van der Waals surface area contributed by atoms with Gasteiger partial charge in [0.1, 0.15) is 17.3 Å². The lowest BCUT2D eigenvalue weighted by Crippen LogP contribution is -2.29. The number of likely N-dealkylation sites (tertiary alicyclic amines) is 1. The number of Topliss-reactive ketones (excluding diaryl/α,β-unsaturated/α-hetero) is 1. The third-order valence-corrected chi connectivity index (χ3v) is 4.93. The van der Waals surface area contributed by atoms with Crippen molar-refractivity contribution in [1.29, 1.82) is 0 Å². The van der Waals surface area contributed by atoms with Crippen LogP contribution in [0.3, 0.4) is 0 Å². The fourth-order valence-electron chi connectivity index (χ4n) is 3.50. The number of aliphatic hydroxyl groups is 1. The van der Waals surface area contributed by atoms with Crippen molar-refractivity contribution < 1.29 is 23.8 Å². The highest BCUT2D eigenvalue weighted by atomic mass is 16.5. The zero-order valence-electron chi connectivity index (χ0n) is 15.7. The van der Waals surface area contributed by atoms with Gasteiger partial charge in [-0.05, 0) is 42.0 Å². The maximum absolute atomic E-state index is 12.9. The molecule has 1 N–H and O–H groups in total. The Bertz CT molecular complexity index is 1050. The summed E-state index contributed by atoms with van der Waals surface area (Å²) in [5.41, 5.74) is 1.22. The molecule has 29 heavy (non-hydrogen) atoms. The van der Waals surface area contributed by atoms with E-state index < -0.39 is 17.7 Å². The van der Waals surface area contributed by atoms with Gasteiger partial charge in [-0.3, -0.25) is 9.59 Å². The number of hydrogen-bond acceptors (Lipinski definition) is 5. The van der Waals surface area contributed by atoms with Crippen molar-refractivity contribution >= 4 is 17.4 Å². The summed E-state index contributed by atoms with van der Waals surface area (Å²) in [6.07, 6.45) is 1.51. The van der Waals surface area contributed by atoms with Crippen LogP contribution in [-0.2, 0) is 16.1 Å². The average Bonchev–Trinajstić information content (AvgIpc) is 3.36. The highest BCUT2D eigenvalue weighted by molar-refractivity contribution is 6.46. The van der Waals surface area contributed by atoms with Gasteiger partial charge >= 0.3 is 0 Å². The molecule has 0 saturated carbocycles. The molecule has 1 aliphatic heterocycles. The first-order chi connectivity index (χ1) is 14.1. The molecular formula is C23H19NO5. The van der Waals surface area contributed by atoms with Crippen LogP contribution in [0.15, 0.2) is 83.0 Å². The number of rotatable bonds is 5. The van der Waals surface area contributed by atoms with Gasteiger partial charge in [-0.15, -0.1) is 0 Å². The summed E-state index contributed by atoms with van der Waals surface area (Å²) in [7, 11) is 1.55. The topological polar surface area (TPSA) is 80.0 Å². The summed E-state index contributed by atoms with van der Waals surface area (Å²) in [6, 6.07) is 18.6. The van der Waals surface area contributed by atoms with E-state index in [-0.39, 0.29) is 17.9 Å². The van der Waals surface area contributed by atoms with Crippen LogP contribution in [0.5, 0.6) is 5.75 Å². The number of carbonyl (C=O) groups is 2. The number of benzene rings is 2. The second-order valence-corrected chi connectivity index (χ2v) is 6.65. The van der Waals surface area contributed by atoms with Gasteiger partial charge in [0, 0.05) is 5.56 Å². The maximum atomic E-state index is 12.9. The molecule has 1 saturated heterocycles. The van der Waals surface area contributed by atoms with E-state index in [1.54, 1.807) is 43.5 Å². The molecule has 1 atom stereocenters. The maximum Gasteiger partial charge on any atom is 0.296 e. The molecule has 6 nitrogen and oxygen atoms in total. The zero-order chi connectivity index (χ0) is 20.4. The van der Waals surface area contributed by atoms with E-state index in [2.05, 4.69) is 0 Å². The fourth-order valence-corrected chi connectivity index (χ4v) is 3.50. The quantitative estimate of drug-likeness (QED) is 0.407. The number of nitrogens with zero attached hydrogens (tertiary/aromatic N) is 1. The van der Waals surface area contributed by atoms with Crippen LogP contribution in [0.25, 0.3) is 5.76 Å². The van der Waals surface area contributed by atoms with Gasteiger partial charge in [0.05, 0.1) is 31.5 Å². The molecule has 1 aromatic heterocycles. The smallest absolute Gasteiger partial charge is 0.296 e. The number of ketones is 1. The van der Waals surface area contributed by atoms with Crippen molar-refractivity contribution in [3.63, 3.8) is 0 Å². The first kappa shape index (κ1) is 18.6. The molecule has 0 aliphatic carbocycles. The molecule has 1 aliphatic rings. The van der Waals surface area contributed by atoms with Crippen LogP contribution in [0.4, 0.5) is 0 Å². The van der Waals surface area contributed by atoms with Gasteiger partial charge < -0.3 is 19.2 Å². The van der Waals surface area contributed by atoms with E-state index in [1.165, 1.54) is 11.2 Å². The summed E-state index contributed by atoms with van der Waals surface area (Å²) < 4.78 is 10.5. The molecule has 1 fully saturated rings. The summed E-state index contributed by atoms with van der Waals surface area (Å²) >= 11 is 0. The second-order valence-electron chi connectivity index (χ2n) is 6.65. The van der Waals surface area contributed by atoms with Crippen LogP contribution in [0.2, 0.25) is 0 Å². The second kappa shape index (κ2) is 7.67. The van der Waals surface area contributed by atoms with Crippen molar-refractivity contribution in [3.8, 4) is 5.75 Å². The Morgan fingerprint density at radius 3 is 2.38 bits per heavy atom. The number of furan rings is 1. The minimum absolute atomic E-state index is 0.0536. The Kier molecular flexibility index (Phi) is 4.91. The van der Waals surface area contributed by atoms with Crippen molar-refractivity contribution in [2.24, 2.45) is 0 Å². The molecule has 0 radical (unpaired) electrons. The van der Waals surface area contributed by atoms with Crippen molar-refractivity contribution in [3.05, 3.63) is 95.5 Å². The van der Waals surface area contributed by atoms with Crippen LogP contribution < -0.4 is 4.74 Å². The Hall–Kier alpha value is -3.80. The van der Waals surface area contributed by atoms with Crippen LogP contribution in [0, 0.1) is 0 Å². The Balaban J connectivity index is 1.83. The number of methoxy groups -OCH3 is 1. The average molecular weight is 389 g/mol. The van der Waals surface area contributed by atoms with Crippen molar-refractivity contribution in [2.75, 3.05) is 7.11 Å². The predicted octanol–water partition coefficient (Wildman–Crippen LogP) is 3.91. The molecule has 1 amide bonds. The van der Waals surface area contributed by atoms with E-state index in [0.717, 1.165) is 5.56 Å². The third-order valence-electron chi connectivity index (χ3n) is 4.93. The van der Waals surface area contributed by atoms with Crippen LogP contribution >= 0.6 is 0 Å². The van der Waals surface area contributed by atoms with Crippen LogP contribution in [-0.4, -0.2) is 28.8 Å². The van der Waals surface area contributed by atoms with E-state index in [0.29, 0.717) is 17.1 Å². The first-order valence-electron chi connectivity index (χ1n) is 9.10. The van der Waals surface area contributed by atoms with Gasteiger partial charge in [-0.1, -0.05) is 30.3 Å². The molecular weight excluding hydrogens is 370 g/mol. The van der Waals surface area contributed by atoms with Gasteiger partial charge in [0.2, 0.25) is 0 Å². The summed E-state index contributed by atoms with van der Waals surface area (Å²) in [5, 5.41) is 11.0. The Labute approximate surface area is 167 Å². The van der Waals surface area contributed by atoms with Crippen LogP contribution in [0.1, 0.15) is 22.9 Å². The minimum Gasteiger partial charge on any atom is -0.507 e. The normalized spacial score (nSPS) is 18.2. The summed E-state index contributed by atoms with van der Waals surface area (Å²) in [5.74, 6) is -0.442. The molecule has 0 unspecified atom stereocenters. The van der Waals surface area contributed by atoms with Gasteiger partial charge in [0.25, 0.3) is 11.7 Å². The monoisotopic (exact) mass is 389 g/mol. The van der Waals surface area contributed by atoms with E-state index in [4.69, 9.17) is 9.15 Å². The zero-order valence-corrected chi connectivity index (χ0v) is 15.7.